The lowest BCUT2D eigenvalue weighted by atomic mass is 10.1. The summed E-state index contributed by atoms with van der Waals surface area (Å²) in [5, 5.41) is 14.7. The van der Waals surface area contributed by atoms with E-state index in [4.69, 9.17) is 0 Å². The highest BCUT2D eigenvalue weighted by molar-refractivity contribution is 6.08. The number of hydrogen-bond donors (Lipinski definition) is 2. The molecule has 4 rings (SSSR count). The number of dihydropyridines is 1. The molecule has 148 valence electrons. The topological polar surface area (TPSA) is 94.9 Å². The van der Waals surface area contributed by atoms with Crippen LogP contribution in [-0.2, 0) is 4.79 Å². The van der Waals surface area contributed by atoms with E-state index in [1.54, 1.807) is 54.4 Å². The van der Waals surface area contributed by atoms with Crippen LogP contribution in [0.25, 0.3) is 10.8 Å². The van der Waals surface area contributed by atoms with Crippen molar-refractivity contribution in [2.75, 3.05) is 17.3 Å². The maximum absolute atomic E-state index is 13.0. The van der Waals surface area contributed by atoms with Gasteiger partial charge in [0.05, 0.1) is 16.9 Å². The second kappa shape index (κ2) is 8.13. The van der Waals surface area contributed by atoms with Crippen LogP contribution in [0.5, 0.6) is 0 Å². The standard InChI is InChI=1S/C23H18N4O3/c1-27(20-10-11-24-22(29)18(20)14-28)19-9-5-4-8-17(19)23(30)26-21-12-15-6-2-3-7-16(15)13-25-21/h2-13,22,29H,1H3,(H,25,26,30). The van der Waals surface area contributed by atoms with Crippen molar-refractivity contribution >= 4 is 40.3 Å². The zero-order chi connectivity index (χ0) is 21.1. The maximum atomic E-state index is 13.0. The Morgan fingerprint density at radius 3 is 2.67 bits per heavy atom. The number of likely N-dealkylation sites (N-methyl/N-ethyl adjacent to an activating group) is 1. The number of aliphatic hydroxyl groups excluding tert-OH is 1. The van der Waals surface area contributed by atoms with E-state index in [0.717, 1.165) is 10.8 Å². The molecular formula is C23H18N4O3. The first kappa shape index (κ1) is 19.3. The van der Waals surface area contributed by atoms with Gasteiger partial charge >= 0.3 is 0 Å². The van der Waals surface area contributed by atoms with E-state index in [1.165, 1.54) is 6.21 Å². The Hall–Kier alpha value is -4.06. The third kappa shape index (κ3) is 3.63. The molecule has 1 atom stereocenters. The molecule has 0 fully saturated rings. The molecule has 1 aromatic heterocycles. The summed E-state index contributed by atoms with van der Waals surface area (Å²) >= 11 is 0. The van der Waals surface area contributed by atoms with Gasteiger partial charge in [-0.1, -0.05) is 36.4 Å². The van der Waals surface area contributed by atoms with Gasteiger partial charge in [-0.25, -0.2) is 9.78 Å². The Morgan fingerprint density at radius 2 is 1.87 bits per heavy atom. The second-order valence-electron chi connectivity index (χ2n) is 6.69. The van der Waals surface area contributed by atoms with Gasteiger partial charge in [0.2, 0.25) is 0 Å². The molecule has 2 aromatic carbocycles. The molecule has 2 heterocycles. The Kier molecular flexibility index (Phi) is 5.22. The molecule has 2 N–H and O–H groups in total. The van der Waals surface area contributed by atoms with Crippen LogP contribution in [0.15, 0.2) is 83.1 Å². The number of allylic oxidation sites excluding steroid dienone is 1. The molecule has 30 heavy (non-hydrogen) atoms. The predicted molar refractivity (Wildman–Crippen MR) is 116 cm³/mol. The number of carbonyl (C=O) groups is 1. The number of amides is 1. The van der Waals surface area contributed by atoms with Crippen molar-refractivity contribution in [3.05, 3.63) is 83.7 Å². The number of hydrogen-bond acceptors (Lipinski definition) is 6. The first-order valence-electron chi connectivity index (χ1n) is 9.24. The van der Waals surface area contributed by atoms with Crippen molar-refractivity contribution in [3.63, 3.8) is 0 Å². The number of carbonyl (C=O) groups excluding carboxylic acids is 2. The van der Waals surface area contributed by atoms with Crippen LogP contribution in [0.3, 0.4) is 0 Å². The number of fused-ring (bicyclic) bond motifs is 1. The fourth-order valence-electron chi connectivity index (χ4n) is 3.31. The number of anilines is 2. The molecule has 1 amide bonds. The number of para-hydroxylation sites is 1. The quantitative estimate of drug-likeness (QED) is 0.659. The van der Waals surface area contributed by atoms with E-state index >= 15 is 0 Å². The summed E-state index contributed by atoms with van der Waals surface area (Å²) in [4.78, 5) is 34.1. The first-order valence-corrected chi connectivity index (χ1v) is 9.24. The molecule has 1 aliphatic rings. The number of aromatic nitrogens is 1. The lowest BCUT2D eigenvalue weighted by Crippen LogP contribution is -2.28. The fourth-order valence-corrected chi connectivity index (χ4v) is 3.31. The molecule has 0 bridgehead atoms. The summed E-state index contributed by atoms with van der Waals surface area (Å²) in [5.74, 6) is 1.83. The van der Waals surface area contributed by atoms with Crippen LogP contribution >= 0.6 is 0 Å². The minimum Gasteiger partial charge on any atom is -0.367 e. The number of pyridine rings is 1. The molecule has 3 aromatic rings. The van der Waals surface area contributed by atoms with Crippen molar-refractivity contribution in [2.24, 2.45) is 4.99 Å². The van der Waals surface area contributed by atoms with Gasteiger partial charge in [0.1, 0.15) is 17.3 Å². The van der Waals surface area contributed by atoms with E-state index in [9.17, 15) is 14.7 Å². The van der Waals surface area contributed by atoms with Crippen LogP contribution in [0.1, 0.15) is 10.4 Å². The number of nitrogens with one attached hydrogen (secondary N) is 1. The smallest absolute Gasteiger partial charge is 0.258 e. The predicted octanol–water partition coefficient (Wildman–Crippen LogP) is 2.97. The summed E-state index contributed by atoms with van der Waals surface area (Å²) in [6, 6.07) is 16.5. The maximum Gasteiger partial charge on any atom is 0.258 e. The molecule has 0 saturated carbocycles. The highest BCUT2D eigenvalue weighted by atomic mass is 16.3. The van der Waals surface area contributed by atoms with E-state index in [0.29, 0.717) is 22.8 Å². The molecule has 7 heteroatoms. The molecule has 0 radical (unpaired) electrons. The van der Waals surface area contributed by atoms with Gasteiger partial charge in [-0.3, -0.25) is 9.79 Å². The molecule has 0 saturated heterocycles. The van der Waals surface area contributed by atoms with Crippen LogP contribution < -0.4 is 10.2 Å². The Morgan fingerprint density at radius 1 is 1.13 bits per heavy atom. The number of nitrogens with zero attached hydrogens (tertiary/aromatic N) is 3. The van der Waals surface area contributed by atoms with Crippen LogP contribution in [0, 0.1) is 0 Å². The van der Waals surface area contributed by atoms with Gasteiger partial charge in [0.15, 0.2) is 6.23 Å². The number of rotatable bonds is 4. The van der Waals surface area contributed by atoms with Crippen molar-refractivity contribution in [1.82, 2.24) is 4.98 Å². The molecule has 1 aliphatic heterocycles. The summed E-state index contributed by atoms with van der Waals surface area (Å²) in [6.07, 6.45) is 3.43. The second-order valence-corrected chi connectivity index (χ2v) is 6.69. The van der Waals surface area contributed by atoms with Gasteiger partial charge in [-0.05, 0) is 29.7 Å². The zero-order valence-corrected chi connectivity index (χ0v) is 16.1. The number of benzene rings is 2. The average Bonchev–Trinajstić information content (AvgIpc) is 2.78. The summed E-state index contributed by atoms with van der Waals surface area (Å²) in [5.41, 5.74) is 1.36. The van der Waals surface area contributed by atoms with Gasteiger partial charge in [0.25, 0.3) is 5.91 Å². The fraction of sp³-hybridized carbons (Fsp3) is 0.0870. The van der Waals surface area contributed by atoms with Crippen molar-refractivity contribution < 1.29 is 14.7 Å². The lowest BCUT2D eigenvalue weighted by Gasteiger charge is -2.27. The molecule has 1 unspecified atom stereocenters. The number of aliphatic hydroxyl groups is 1. The summed E-state index contributed by atoms with van der Waals surface area (Å²) < 4.78 is 0. The van der Waals surface area contributed by atoms with Crippen molar-refractivity contribution in [1.29, 1.82) is 0 Å². The zero-order valence-electron chi connectivity index (χ0n) is 16.1. The van der Waals surface area contributed by atoms with E-state index in [-0.39, 0.29) is 11.5 Å². The minimum absolute atomic E-state index is 0.00593. The third-order valence-electron chi connectivity index (χ3n) is 4.85. The first-order chi connectivity index (χ1) is 14.6. The number of aliphatic imine (C=N–C) groups is 1. The Balaban J connectivity index is 1.65. The van der Waals surface area contributed by atoms with Gasteiger partial charge in [-0.2, -0.15) is 0 Å². The minimum atomic E-state index is -1.28. The molecule has 0 spiro atoms. The van der Waals surface area contributed by atoms with Crippen LogP contribution in [0.4, 0.5) is 11.5 Å². The highest BCUT2D eigenvalue weighted by Crippen LogP contribution is 2.28. The lowest BCUT2D eigenvalue weighted by molar-refractivity contribution is 0.102. The average molecular weight is 398 g/mol. The summed E-state index contributed by atoms with van der Waals surface area (Å²) in [6.45, 7) is 0. The Labute approximate surface area is 172 Å². The van der Waals surface area contributed by atoms with Crippen molar-refractivity contribution in [2.45, 2.75) is 6.23 Å². The van der Waals surface area contributed by atoms with Gasteiger partial charge < -0.3 is 15.3 Å². The van der Waals surface area contributed by atoms with Crippen molar-refractivity contribution in [3.8, 4) is 0 Å². The SMILES string of the molecule is CN(C1=CC=NC(O)C1=C=O)c1ccccc1C(=O)Nc1cc2ccccc2cn1. The normalized spacial score (nSPS) is 15.5. The van der Waals surface area contributed by atoms with Crippen LogP contribution in [0.2, 0.25) is 0 Å². The van der Waals surface area contributed by atoms with Gasteiger partial charge in [-0.15, -0.1) is 0 Å². The molecule has 7 nitrogen and oxygen atoms in total. The van der Waals surface area contributed by atoms with E-state index in [2.05, 4.69) is 15.3 Å². The highest BCUT2D eigenvalue weighted by Gasteiger charge is 2.24. The largest absolute Gasteiger partial charge is 0.367 e. The Bertz CT molecular complexity index is 1240. The molecular weight excluding hydrogens is 380 g/mol. The molecule has 0 aliphatic carbocycles. The monoisotopic (exact) mass is 398 g/mol. The third-order valence-corrected chi connectivity index (χ3v) is 4.85. The van der Waals surface area contributed by atoms with E-state index in [1.807, 2.05) is 30.3 Å². The van der Waals surface area contributed by atoms with Crippen LogP contribution in [-0.4, -0.2) is 41.4 Å². The van der Waals surface area contributed by atoms with E-state index < -0.39 is 6.23 Å². The summed E-state index contributed by atoms with van der Waals surface area (Å²) in [7, 11) is 1.70. The van der Waals surface area contributed by atoms with Gasteiger partial charge in [0, 0.05) is 24.8 Å².